The molecule has 6 rings (SSSR count). The van der Waals surface area contributed by atoms with Crippen LogP contribution >= 0.6 is 11.8 Å². The van der Waals surface area contributed by atoms with E-state index in [2.05, 4.69) is 52.1 Å². The van der Waals surface area contributed by atoms with Crippen LogP contribution in [0.1, 0.15) is 22.3 Å². The molecular weight excluding hydrogens is 612 g/mol. The number of aryl methyl sites for hydroxylation is 2. The molecule has 0 saturated heterocycles. The number of amidine groups is 1. The highest BCUT2D eigenvalue weighted by Gasteiger charge is 2.26. The van der Waals surface area contributed by atoms with Crippen LogP contribution < -0.4 is 11.1 Å². The lowest BCUT2D eigenvalue weighted by molar-refractivity contribution is 0.148. The summed E-state index contributed by atoms with van der Waals surface area (Å²) >= 11 is 1.46. The van der Waals surface area contributed by atoms with Crippen molar-refractivity contribution in [3.8, 4) is 12.1 Å². The fourth-order valence-corrected chi connectivity index (χ4v) is 5.25. The number of H-pyrrole nitrogens is 2. The van der Waals surface area contributed by atoms with Gasteiger partial charge in [-0.15, -0.1) is 0 Å². The number of hydrogen-bond donors (Lipinski definition) is 4. The van der Waals surface area contributed by atoms with E-state index in [1.807, 2.05) is 20.1 Å². The SMILES string of the molecule is COC(=O)N1CCN=C1Nc1cc(C#N)c2[nH]cnc2c1C.COC(=O)N1CCN=C1SC.Cc1c(N)cc(C#N)c2[nH]cnc12. The van der Waals surface area contributed by atoms with Gasteiger partial charge in [0.1, 0.15) is 12.1 Å². The molecule has 2 aliphatic heterocycles. The molecule has 2 aromatic carbocycles. The van der Waals surface area contributed by atoms with E-state index >= 15 is 0 Å². The number of benzene rings is 2. The van der Waals surface area contributed by atoms with Crippen LogP contribution in [0, 0.1) is 36.5 Å². The number of hydrogen-bond acceptors (Lipinski definition) is 13. The Bertz CT molecular complexity index is 1920. The zero-order valence-corrected chi connectivity index (χ0v) is 26.7. The highest BCUT2D eigenvalue weighted by Crippen LogP contribution is 2.27. The van der Waals surface area contributed by atoms with Crippen molar-refractivity contribution in [3.05, 3.63) is 47.0 Å². The standard InChI is InChI=1S/C14H14N6O2.C9H8N4.C6H10N2O2S/c1-8-10(5-9(6-15)12-11(8)17-7-18-12)19-13-16-3-4-20(13)14(21)22-2;1-5-7(11)2-6(3-10)9-8(5)12-4-13-9;1-10-6(9)8-4-3-7-5(8)11-2/h5,7H,3-4H2,1-2H3,(H,16,19)(H,17,18);2,4H,11H2,1H3,(H,12,13);3-4H2,1-2H3. The first-order valence-electron chi connectivity index (χ1n) is 13.8. The summed E-state index contributed by atoms with van der Waals surface area (Å²) in [5, 5.41) is 21.9. The van der Waals surface area contributed by atoms with Gasteiger partial charge in [0.25, 0.3) is 0 Å². The molecule has 2 aliphatic rings. The molecule has 0 atom stereocenters. The molecule has 0 saturated carbocycles. The summed E-state index contributed by atoms with van der Waals surface area (Å²) in [6.45, 7) is 6.08. The maximum atomic E-state index is 11.7. The van der Waals surface area contributed by atoms with Crippen molar-refractivity contribution in [2.24, 2.45) is 9.98 Å². The second-order valence-electron chi connectivity index (χ2n) is 9.65. The van der Waals surface area contributed by atoms with Crippen molar-refractivity contribution >= 4 is 68.5 Å². The van der Waals surface area contributed by atoms with Crippen LogP contribution in [0.4, 0.5) is 21.0 Å². The molecule has 2 amide bonds. The first kappa shape index (κ1) is 33.1. The van der Waals surface area contributed by atoms with Gasteiger partial charge in [-0.05, 0) is 37.8 Å². The number of aromatic amines is 2. The molecule has 0 aliphatic carbocycles. The predicted molar refractivity (Wildman–Crippen MR) is 175 cm³/mol. The molecule has 16 nitrogen and oxygen atoms in total. The van der Waals surface area contributed by atoms with Gasteiger partial charge in [0.05, 0.1) is 86.2 Å². The van der Waals surface area contributed by atoms with Crippen LogP contribution in [0.3, 0.4) is 0 Å². The molecule has 2 aromatic heterocycles. The summed E-state index contributed by atoms with van der Waals surface area (Å²) in [5.41, 5.74) is 12.7. The Kier molecular flexibility index (Phi) is 10.6. The Balaban J connectivity index is 0.000000170. The van der Waals surface area contributed by atoms with Crippen molar-refractivity contribution in [2.45, 2.75) is 13.8 Å². The Hall–Kier alpha value is -5.81. The van der Waals surface area contributed by atoms with Gasteiger partial charge >= 0.3 is 12.2 Å². The van der Waals surface area contributed by atoms with E-state index in [1.165, 1.54) is 35.8 Å². The third-order valence-electron chi connectivity index (χ3n) is 7.06. The summed E-state index contributed by atoms with van der Waals surface area (Å²) in [4.78, 5) is 48.2. The minimum Gasteiger partial charge on any atom is -0.452 e. The Morgan fingerprint density at radius 3 is 2.04 bits per heavy atom. The van der Waals surface area contributed by atoms with Gasteiger partial charge in [-0.2, -0.15) is 10.5 Å². The number of anilines is 2. The molecule has 4 heterocycles. The summed E-state index contributed by atoms with van der Waals surface area (Å²) in [6, 6.07) is 7.59. The molecule has 0 spiro atoms. The van der Waals surface area contributed by atoms with Crippen LogP contribution in [-0.4, -0.2) is 99.7 Å². The fourth-order valence-electron chi connectivity index (χ4n) is 4.64. The quantitative estimate of drug-likeness (QED) is 0.218. The van der Waals surface area contributed by atoms with Crippen LogP contribution in [0.2, 0.25) is 0 Å². The van der Waals surface area contributed by atoms with E-state index in [9.17, 15) is 14.9 Å². The van der Waals surface area contributed by atoms with E-state index < -0.39 is 6.09 Å². The maximum absolute atomic E-state index is 11.7. The Morgan fingerprint density at radius 2 is 1.46 bits per heavy atom. The van der Waals surface area contributed by atoms with Crippen molar-refractivity contribution in [2.75, 3.05) is 57.7 Å². The van der Waals surface area contributed by atoms with Gasteiger partial charge in [0, 0.05) is 16.9 Å². The second kappa shape index (κ2) is 14.8. The molecule has 0 bridgehead atoms. The smallest absolute Gasteiger partial charge is 0.416 e. The molecule has 0 unspecified atom stereocenters. The van der Waals surface area contributed by atoms with E-state index in [0.29, 0.717) is 65.7 Å². The number of guanidine groups is 1. The lowest BCUT2D eigenvalue weighted by Crippen LogP contribution is -2.38. The number of aliphatic imine (C=N–C) groups is 2. The Morgan fingerprint density at radius 1 is 0.913 bits per heavy atom. The van der Waals surface area contributed by atoms with Gasteiger partial charge in [0.15, 0.2) is 5.17 Å². The molecule has 5 N–H and O–H groups in total. The summed E-state index contributed by atoms with van der Waals surface area (Å²) in [5.74, 6) is 0.411. The first-order chi connectivity index (χ1) is 22.2. The normalized spacial score (nSPS) is 13.5. The van der Waals surface area contributed by atoms with Crippen LogP contribution in [0.25, 0.3) is 22.1 Å². The number of ether oxygens (including phenoxy) is 2. The highest BCUT2D eigenvalue weighted by molar-refractivity contribution is 8.13. The van der Waals surface area contributed by atoms with Gasteiger partial charge in [-0.25, -0.2) is 24.5 Å². The third kappa shape index (κ3) is 6.79. The van der Waals surface area contributed by atoms with Gasteiger partial charge in [-0.1, -0.05) is 11.8 Å². The molecule has 4 aromatic rings. The number of aromatic nitrogens is 4. The average molecular weight is 645 g/mol. The van der Waals surface area contributed by atoms with E-state index in [0.717, 1.165) is 27.3 Å². The number of nitrogen functional groups attached to an aromatic ring is 1. The molecule has 0 radical (unpaired) electrons. The maximum Gasteiger partial charge on any atom is 0.416 e. The number of nitrogens with zero attached hydrogens (tertiary/aromatic N) is 8. The number of fused-ring (bicyclic) bond motifs is 2. The van der Waals surface area contributed by atoms with Crippen molar-refractivity contribution in [3.63, 3.8) is 0 Å². The number of rotatable bonds is 1. The molecular formula is C29H32N12O4S. The summed E-state index contributed by atoms with van der Waals surface area (Å²) in [7, 11) is 2.70. The van der Waals surface area contributed by atoms with Crippen molar-refractivity contribution < 1.29 is 19.1 Å². The zero-order chi connectivity index (χ0) is 33.4. The lowest BCUT2D eigenvalue weighted by Gasteiger charge is -2.18. The largest absolute Gasteiger partial charge is 0.452 e. The topological polar surface area (TPSA) is 227 Å². The van der Waals surface area contributed by atoms with E-state index in [4.69, 9.17) is 15.7 Å². The van der Waals surface area contributed by atoms with E-state index in [1.54, 1.807) is 24.8 Å². The minimum atomic E-state index is -0.470. The molecule has 238 valence electrons. The van der Waals surface area contributed by atoms with Gasteiger partial charge in [0.2, 0.25) is 5.96 Å². The van der Waals surface area contributed by atoms with Crippen molar-refractivity contribution in [1.82, 2.24) is 29.7 Å². The summed E-state index contributed by atoms with van der Waals surface area (Å²) in [6.07, 6.45) is 4.21. The second-order valence-corrected chi connectivity index (χ2v) is 10.4. The number of carbonyl (C=O) groups is 2. The zero-order valence-electron chi connectivity index (χ0n) is 25.8. The fraction of sp³-hybridized carbons (Fsp3) is 0.310. The monoisotopic (exact) mass is 644 g/mol. The predicted octanol–water partition coefficient (Wildman–Crippen LogP) is 3.71. The number of nitrogens with one attached hydrogen (secondary N) is 3. The van der Waals surface area contributed by atoms with Crippen molar-refractivity contribution in [1.29, 1.82) is 10.5 Å². The van der Waals surface area contributed by atoms with E-state index in [-0.39, 0.29) is 6.09 Å². The number of methoxy groups -OCH3 is 2. The van der Waals surface area contributed by atoms with Gasteiger partial charge < -0.3 is 30.5 Å². The van der Waals surface area contributed by atoms with Crippen LogP contribution in [-0.2, 0) is 9.47 Å². The highest BCUT2D eigenvalue weighted by atomic mass is 32.2. The van der Waals surface area contributed by atoms with Gasteiger partial charge in [-0.3, -0.25) is 14.9 Å². The number of imidazole rings is 2. The number of nitriles is 2. The molecule has 46 heavy (non-hydrogen) atoms. The lowest BCUT2D eigenvalue weighted by atomic mass is 10.1. The molecule has 0 fully saturated rings. The number of nitrogens with two attached hydrogens (primary N) is 1. The average Bonchev–Trinajstić information content (AvgIpc) is 3.90. The third-order valence-corrected chi connectivity index (χ3v) is 7.77. The van der Waals surface area contributed by atoms with Crippen LogP contribution in [0.15, 0.2) is 34.8 Å². The summed E-state index contributed by atoms with van der Waals surface area (Å²) < 4.78 is 9.29. The Labute approximate surface area is 268 Å². The molecule has 17 heteroatoms. The number of carbonyl (C=O) groups excluding carboxylic acids is 2. The first-order valence-corrected chi connectivity index (χ1v) is 15.0. The minimum absolute atomic E-state index is 0.324. The number of amides is 2. The number of thioether (sulfide) groups is 1. The van der Waals surface area contributed by atoms with Crippen LogP contribution in [0.5, 0.6) is 0 Å².